The Hall–Kier alpha value is -3.33. The molecule has 3 nitrogen and oxygen atoms in total. The summed E-state index contributed by atoms with van der Waals surface area (Å²) in [5.41, 5.74) is 3.16. The van der Waals surface area contributed by atoms with Gasteiger partial charge in [0, 0.05) is 12.6 Å². The van der Waals surface area contributed by atoms with E-state index in [-0.39, 0.29) is 5.91 Å². The predicted octanol–water partition coefficient (Wildman–Crippen LogP) is 4.60. The van der Waals surface area contributed by atoms with E-state index in [4.69, 9.17) is 4.74 Å². The van der Waals surface area contributed by atoms with Gasteiger partial charge in [-0.05, 0) is 34.9 Å². The van der Waals surface area contributed by atoms with Crippen molar-refractivity contribution in [2.75, 3.05) is 0 Å². The van der Waals surface area contributed by atoms with Gasteiger partial charge in [-0.3, -0.25) is 4.79 Å². The maximum atomic E-state index is 11.9. The van der Waals surface area contributed by atoms with Crippen molar-refractivity contribution in [1.82, 2.24) is 5.32 Å². The highest BCUT2D eigenvalue weighted by Gasteiger charge is 1.98. The summed E-state index contributed by atoms with van der Waals surface area (Å²) in [7, 11) is 0. The van der Waals surface area contributed by atoms with Crippen LogP contribution in [-0.2, 0) is 17.9 Å². The molecule has 0 aliphatic rings. The number of nitrogens with one attached hydrogen (secondary N) is 1. The molecule has 0 fully saturated rings. The first kappa shape index (κ1) is 17.5. The molecule has 0 aromatic heterocycles. The Morgan fingerprint density at radius 1 is 0.808 bits per heavy atom. The van der Waals surface area contributed by atoms with E-state index in [0.717, 1.165) is 22.4 Å². The van der Waals surface area contributed by atoms with Crippen LogP contribution in [-0.4, -0.2) is 5.91 Å². The summed E-state index contributed by atoms with van der Waals surface area (Å²) in [5, 5.41) is 2.87. The minimum atomic E-state index is -0.113. The van der Waals surface area contributed by atoms with Crippen molar-refractivity contribution in [2.24, 2.45) is 0 Å². The van der Waals surface area contributed by atoms with Crippen LogP contribution in [0.15, 0.2) is 91.0 Å². The molecular weight excluding hydrogens is 322 g/mol. The van der Waals surface area contributed by atoms with E-state index in [9.17, 15) is 4.79 Å². The maximum absolute atomic E-state index is 11.9. The van der Waals surface area contributed by atoms with E-state index < -0.39 is 0 Å². The number of carbonyl (C=O) groups excluding carboxylic acids is 1. The summed E-state index contributed by atoms with van der Waals surface area (Å²) < 4.78 is 5.76. The minimum Gasteiger partial charge on any atom is -0.489 e. The Balaban J connectivity index is 1.47. The first-order valence-corrected chi connectivity index (χ1v) is 8.56. The number of rotatable bonds is 7. The van der Waals surface area contributed by atoms with Gasteiger partial charge in [0.1, 0.15) is 12.4 Å². The molecule has 0 spiro atoms. The van der Waals surface area contributed by atoms with Gasteiger partial charge in [-0.25, -0.2) is 0 Å². The molecule has 0 bridgehead atoms. The third kappa shape index (κ3) is 5.64. The first-order valence-electron chi connectivity index (χ1n) is 8.56. The molecule has 3 heteroatoms. The van der Waals surface area contributed by atoms with Crippen LogP contribution in [0.4, 0.5) is 0 Å². The lowest BCUT2D eigenvalue weighted by molar-refractivity contribution is -0.116. The van der Waals surface area contributed by atoms with E-state index in [1.807, 2.05) is 84.9 Å². The third-order valence-electron chi connectivity index (χ3n) is 3.87. The molecule has 130 valence electrons. The van der Waals surface area contributed by atoms with Crippen molar-refractivity contribution in [2.45, 2.75) is 13.2 Å². The Bertz CT molecular complexity index is 840. The van der Waals surface area contributed by atoms with Gasteiger partial charge in [0.15, 0.2) is 0 Å². The van der Waals surface area contributed by atoms with Gasteiger partial charge in [0.05, 0.1) is 0 Å². The monoisotopic (exact) mass is 343 g/mol. The third-order valence-corrected chi connectivity index (χ3v) is 3.87. The summed E-state index contributed by atoms with van der Waals surface area (Å²) >= 11 is 0. The largest absolute Gasteiger partial charge is 0.489 e. The van der Waals surface area contributed by atoms with E-state index in [1.54, 1.807) is 12.2 Å². The zero-order valence-corrected chi connectivity index (χ0v) is 14.5. The second-order valence-electron chi connectivity index (χ2n) is 5.88. The molecule has 0 aliphatic carbocycles. The van der Waals surface area contributed by atoms with Crippen LogP contribution in [0.25, 0.3) is 6.08 Å². The highest BCUT2D eigenvalue weighted by atomic mass is 16.5. The molecule has 1 N–H and O–H groups in total. The van der Waals surface area contributed by atoms with Crippen molar-refractivity contribution in [3.05, 3.63) is 108 Å². The van der Waals surface area contributed by atoms with Crippen LogP contribution >= 0.6 is 0 Å². The van der Waals surface area contributed by atoms with Crippen molar-refractivity contribution in [3.63, 3.8) is 0 Å². The highest BCUT2D eigenvalue weighted by Crippen LogP contribution is 2.15. The number of benzene rings is 3. The predicted molar refractivity (Wildman–Crippen MR) is 105 cm³/mol. The molecule has 3 aromatic rings. The van der Waals surface area contributed by atoms with E-state index in [0.29, 0.717) is 13.2 Å². The molecule has 0 atom stereocenters. The van der Waals surface area contributed by atoms with Crippen molar-refractivity contribution < 1.29 is 9.53 Å². The zero-order chi connectivity index (χ0) is 18.0. The summed E-state index contributed by atoms with van der Waals surface area (Å²) in [6.07, 6.45) is 3.34. The summed E-state index contributed by atoms with van der Waals surface area (Å²) in [6, 6.07) is 27.6. The molecule has 1 amide bonds. The summed E-state index contributed by atoms with van der Waals surface area (Å²) in [5.74, 6) is 0.692. The average molecular weight is 343 g/mol. The fraction of sp³-hybridized carbons (Fsp3) is 0.0870. The Labute approximate surface area is 154 Å². The normalized spacial score (nSPS) is 10.6. The molecule has 0 saturated carbocycles. The standard InChI is InChI=1S/C23H21NO2/c25-23(24-17-20-7-3-1-4-8-20)16-13-19-11-14-22(15-12-19)26-18-21-9-5-2-6-10-21/h1-16H,17-18H2,(H,24,25)/b16-13+. The summed E-state index contributed by atoms with van der Waals surface area (Å²) in [4.78, 5) is 11.9. The van der Waals surface area contributed by atoms with Gasteiger partial charge >= 0.3 is 0 Å². The quantitative estimate of drug-likeness (QED) is 0.637. The van der Waals surface area contributed by atoms with Crippen LogP contribution in [0.5, 0.6) is 5.75 Å². The molecule has 0 heterocycles. The summed E-state index contributed by atoms with van der Waals surface area (Å²) in [6.45, 7) is 1.06. The topological polar surface area (TPSA) is 38.3 Å². The fourth-order valence-electron chi connectivity index (χ4n) is 2.43. The second-order valence-corrected chi connectivity index (χ2v) is 5.88. The van der Waals surface area contributed by atoms with Gasteiger partial charge in [-0.2, -0.15) is 0 Å². The Morgan fingerprint density at radius 3 is 2.08 bits per heavy atom. The van der Waals surface area contributed by atoms with Gasteiger partial charge in [-0.15, -0.1) is 0 Å². The Kier molecular flexibility index (Phi) is 6.21. The lowest BCUT2D eigenvalue weighted by atomic mass is 10.2. The van der Waals surface area contributed by atoms with Crippen LogP contribution < -0.4 is 10.1 Å². The highest BCUT2D eigenvalue weighted by molar-refractivity contribution is 5.91. The van der Waals surface area contributed by atoms with Gasteiger partial charge in [0.2, 0.25) is 5.91 Å². The van der Waals surface area contributed by atoms with Crippen molar-refractivity contribution in [1.29, 1.82) is 0 Å². The molecule has 0 saturated heterocycles. The van der Waals surface area contributed by atoms with Crippen molar-refractivity contribution in [3.8, 4) is 5.75 Å². The van der Waals surface area contributed by atoms with E-state index >= 15 is 0 Å². The maximum Gasteiger partial charge on any atom is 0.244 e. The minimum absolute atomic E-state index is 0.113. The van der Waals surface area contributed by atoms with Crippen LogP contribution in [0.1, 0.15) is 16.7 Å². The molecule has 3 aromatic carbocycles. The molecule has 0 radical (unpaired) electrons. The second kappa shape index (κ2) is 9.23. The molecular formula is C23H21NO2. The van der Waals surface area contributed by atoms with Gasteiger partial charge in [-0.1, -0.05) is 72.8 Å². The number of hydrogen-bond acceptors (Lipinski definition) is 2. The van der Waals surface area contributed by atoms with Crippen LogP contribution in [0, 0.1) is 0 Å². The number of amides is 1. The molecule has 26 heavy (non-hydrogen) atoms. The smallest absolute Gasteiger partial charge is 0.244 e. The SMILES string of the molecule is O=C(/C=C/c1ccc(OCc2ccccc2)cc1)NCc1ccccc1. The fourth-order valence-corrected chi connectivity index (χ4v) is 2.43. The molecule has 3 rings (SSSR count). The van der Waals surface area contributed by atoms with Crippen LogP contribution in [0.3, 0.4) is 0 Å². The molecule has 0 unspecified atom stereocenters. The lowest BCUT2D eigenvalue weighted by Gasteiger charge is -2.06. The molecule has 0 aliphatic heterocycles. The zero-order valence-electron chi connectivity index (χ0n) is 14.5. The number of carbonyl (C=O) groups is 1. The first-order chi connectivity index (χ1) is 12.8. The number of hydrogen-bond donors (Lipinski definition) is 1. The van der Waals surface area contributed by atoms with Gasteiger partial charge in [0.25, 0.3) is 0 Å². The van der Waals surface area contributed by atoms with E-state index in [2.05, 4.69) is 5.32 Å². The lowest BCUT2D eigenvalue weighted by Crippen LogP contribution is -2.20. The van der Waals surface area contributed by atoms with Crippen LogP contribution in [0.2, 0.25) is 0 Å². The van der Waals surface area contributed by atoms with E-state index in [1.165, 1.54) is 0 Å². The Morgan fingerprint density at radius 2 is 1.42 bits per heavy atom. The van der Waals surface area contributed by atoms with Crippen molar-refractivity contribution >= 4 is 12.0 Å². The van der Waals surface area contributed by atoms with Gasteiger partial charge < -0.3 is 10.1 Å². The number of ether oxygens (including phenoxy) is 1. The average Bonchev–Trinajstić information content (AvgIpc) is 2.71.